The number of ketones is 1. The summed E-state index contributed by atoms with van der Waals surface area (Å²) in [5, 5.41) is 0. The Balaban J connectivity index is 1.80. The van der Waals surface area contributed by atoms with Gasteiger partial charge < -0.3 is 4.74 Å². The fourth-order valence-corrected chi connectivity index (χ4v) is 5.16. The summed E-state index contributed by atoms with van der Waals surface area (Å²) >= 11 is 0. The van der Waals surface area contributed by atoms with E-state index in [1.165, 1.54) is 16.4 Å². The quantitative estimate of drug-likeness (QED) is 0.335. The lowest BCUT2D eigenvalue weighted by Gasteiger charge is -2.24. The number of hydrogen-bond donors (Lipinski definition) is 0. The first-order chi connectivity index (χ1) is 15.8. The summed E-state index contributed by atoms with van der Waals surface area (Å²) in [5.74, 6) is -1.08. The number of hydrogen-bond acceptors (Lipinski definition) is 5. The molecule has 0 aliphatic rings. The van der Waals surface area contributed by atoms with Gasteiger partial charge >= 0.3 is 5.97 Å². The number of rotatable bonds is 9. The van der Waals surface area contributed by atoms with Crippen LogP contribution in [0.3, 0.4) is 0 Å². The van der Waals surface area contributed by atoms with Crippen LogP contribution < -0.4 is 4.31 Å². The summed E-state index contributed by atoms with van der Waals surface area (Å²) in [4.78, 5) is 25.0. The Morgan fingerprint density at radius 2 is 1.52 bits per heavy atom. The van der Waals surface area contributed by atoms with Crippen LogP contribution in [0, 0.1) is 6.92 Å². The lowest BCUT2D eigenvalue weighted by Crippen LogP contribution is -2.31. The third-order valence-electron chi connectivity index (χ3n) is 5.34. The number of carbonyl (C=O) groups excluding carboxylic acids is 2. The number of nitrogens with zero attached hydrogens (tertiary/aromatic N) is 1. The van der Waals surface area contributed by atoms with Gasteiger partial charge in [0.1, 0.15) is 0 Å². The Hall–Kier alpha value is -3.45. The minimum atomic E-state index is -3.91. The standard InChI is InChI=1S/C26H27NO5S/c1-4-20-12-15-21(16-13-20)24(28)18-32-26(29)22-14-11-19(3)25(17-22)33(30,31)27(5-2)23-9-7-6-8-10-23/h6-17H,4-5,18H2,1-3H3. The van der Waals surface area contributed by atoms with E-state index in [-0.39, 0.29) is 22.8 Å². The van der Waals surface area contributed by atoms with E-state index in [9.17, 15) is 18.0 Å². The molecular formula is C26H27NO5S. The van der Waals surface area contributed by atoms with Crippen molar-refractivity contribution in [3.8, 4) is 0 Å². The van der Waals surface area contributed by atoms with Crippen LogP contribution in [0.25, 0.3) is 0 Å². The van der Waals surface area contributed by atoms with Gasteiger partial charge in [0.05, 0.1) is 16.1 Å². The van der Waals surface area contributed by atoms with Gasteiger partial charge in [0.2, 0.25) is 0 Å². The molecule has 0 atom stereocenters. The van der Waals surface area contributed by atoms with E-state index >= 15 is 0 Å². The van der Waals surface area contributed by atoms with Crippen LogP contribution in [0.1, 0.15) is 45.7 Å². The molecule has 3 aromatic carbocycles. The smallest absolute Gasteiger partial charge is 0.338 e. The molecule has 0 heterocycles. The first-order valence-corrected chi connectivity index (χ1v) is 12.2. The highest BCUT2D eigenvalue weighted by Crippen LogP contribution is 2.26. The molecule has 0 aromatic heterocycles. The van der Waals surface area contributed by atoms with Crippen molar-refractivity contribution in [2.75, 3.05) is 17.5 Å². The third kappa shape index (κ3) is 5.49. The second-order valence-corrected chi connectivity index (χ2v) is 9.37. The van der Waals surface area contributed by atoms with E-state index < -0.39 is 22.6 Å². The Bertz CT molecular complexity index is 1240. The van der Waals surface area contributed by atoms with Crippen molar-refractivity contribution in [2.45, 2.75) is 32.1 Å². The Morgan fingerprint density at radius 3 is 2.12 bits per heavy atom. The zero-order valence-corrected chi connectivity index (χ0v) is 19.8. The second kappa shape index (κ2) is 10.4. The predicted molar refractivity (Wildman–Crippen MR) is 128 cm³/mol. The number of Topliss-reactive ketones (excluding diaryl/α,β-unsaturated/α-hetero) is 1. The summed E-state index contributed by atoms with van der Waals surface area (Å²) in [5.41, 5.74) is 2.67. The van der Waals surface area contributed by atoms with Crippen LogP contribution >= 0.6 is 0 Å². The van der Waals surface area contributed by atoms with Gasteiger partial charge in [-0.3, -0.25) is 9.10 Å². The second-order valence-electron chi connectivity index (χ2n) is 7.54. The number of aryl methyl sites for hydroxylation is 2. The van der Waals surface area contributed by atoms with Crippen molar-refractivity contribution >= 4 is 27.5 Å². The Kier molecular flexibility index (Phi) is 7.66. The van der Waals surface area contributed by atoms with Crippen LogP contribution in [-0.4, -0.2) is 33.3 Å². The Morgan fingerprint density at radius 1 is 0.879 bits per heavy atom. The van der Waals surface area contributed by atoms with Gasteiger partial charge in [0.25, 0.3) is 10.0 Å². The molecule has 0 N–H and O–H groups in total. The molecular weight excluding hydrogens is 438 g/mol. The third-order valence-corrected chi connectivity index (χ3v) is 7.39. The molecule has 7 heteroatoms. The average molecular weight is 466 g/mol. The summed E-state index contributed by atoms with van der Waals surface area (Å²) in [7, 11) is -3.91. The highest BCUT2D eigenvalue weighted by molar-refractivity contribution is 7.92. The normalized spacial score (nSPS) is 11.1. The molecule has 172 valence electrons. The number of ether oxygens (including phenoxy) is 1. The summed E-state index contributed by atoms with van der Waals surface area (Å²) < 4.78 is 33.2. The molecule has 33 heavy (non-hydrogen) atoms. The molecule has 0 spiro atoms. The average Bonchev–Trinajstić information content (AvgIpc) is 2.83. The molecule has 0 saturated heterocycles. The van der Waals surface area contributed by atoms with Crippen molar-refractivity contribution in [3.63, 3.8) is 0 Å². The van der Waals surface area contributed by atoms with E-state index in [1.54, 1.807) is 56.3 Å². The van der Waals surface area contributed by atoms with Crippen molar-refractivity contribution in [1.29, 1.82) is 0 Å². The first-order valence-electron chi connectivity index (χ1n) is 10.8. The number of benzene rings is 3. The number of carbonyl (C=O) groups is 2. The summed E-state index contributed by atoms with van der Waals surface area (Å²) in [6.07, 6.45) is 0.863. The SMILES string of the molecule is CCc1ccc(C(=O)COC(=O)c2ccc(C)c(S(=O)(=O)N(CC)c3ccccc3)c2)cc1. The topological polar surface area (TPSA) is 80.8 Å². The van der Waals surface area contributed by atoms with Gasteiger partial charge in [-0.2, -0.15) is 0 Å². The number of para-hydroxylation sites is 1. The van der Waals surface area contributed by atoms with Gasteiger partial charge in [-0.05, 0) is 55.7 Å². The molecule has 3 aromatic rings. The maximum absolute atomic E-state index is 13.4. The molecule has 0 aliphatic heterocycles. The van der Waals surface area contributed by atoms with Gasteiger partial charge in [0.15, 0.2) is 12.4 Å². The lowest BCUT2D eigenvalue weighted by atomic mass is 10.1. The van der Waals surface area contributed by atoms with Crippen LogP contribution in [0.4, 0.5) is 5.69 Å². The maximum Gasteiger partial charge on any atom is 0.338 e. The van der Waals surface area contributed by atoms with Gasteiger partial charge in [-0.15, -0.1) is 0 Å². The molecule has 0 saturated carbocycles. The van der Waals surface area contributed by atoms with E-state index in [4.69, 9.17) is 4.74 Å². The zero-order valence-electron chi connectivity index (χ0n) is 18.9. The Labute approximate surface area is 194 Å². The largest absolute Gasteiger partial charge is 0.454 e. The van der Waals surface area contributed by atoms with Crippen molar-refractivity contribution < 1.29 is 22.7 Å². The first kappa shape index (κ1) is 24.2. The maximum atomic E-state index is 13.4. The van der Waals surface area contributed by atoms with Gasteiger partial charge in [-0.25, -0.2) is 13.2 Å². The molecule has 0 amide bonds. The van der Waals surface area contributed by atoms with Crippen molar-refractivity contribution in [1.82, 2.24) is 0 Å². The van der Waals surface area contributed by atoms with Crippen LogP contribution in [-0.2, 0) is 21.2 Å². The minimum absolute atomic E-state index is 0.0177. The molecule has 0 unspecified atom stereocenters. The molecule has 3 rings (SSSR count). The van der Waals surface area contributed by atoms with Crippen LogP contribution in [0.2, 0.25) is 0 Å². The summed E-state index contributed by atoms with van der Waals surface area (Å²) in [6.45, 7) is 5.24. The van der Waals surface area contributed by atoms with E-state index in [2.05, 4.69) is 0 Å². The molecule has 6 nitrogen and oxygen atoms in total. The predicted octanol–water partition coefficient (Wildman–Crippen LogP) is 4.81. The molecule has 0 fully saturated rings. The zero-order chi connectivity index (χ0) is 24.0. The number of anilines is 1. The monoisotopic (exact) mass is 465 g/mol. The molecule has 0 aliphatic carbocycles. The highest BCUT2D eigenvalue weighted by atomic mass is 32.2. The van der Waals surface area contributed by atoms with Crippen LogP contribution in [0.15, 0.2) is 77.7 Å². The fourth-order valence-electron chi connectivity index (χ4n) is 3.43. The number of esters is 1. The van der Waals surface area contributed by atoms with E-state index in [0.29, 0.717) is 16.8 Å². The molecule has 0 bridgehead atoms. The van der Waals surface area contributed by atoms with E-state index in [0.717, 1.165) is 12.0 Å². The summed E-state index contributed by atoms with van der Waals surface area (Å²) in [6, 6.07) is 20.3. The lowest BCUT2D eigenvalue weighted by molar-refractivity contribution is 0.0474. The highest BCUT2D eigenvalue weighted by Gasteiger charge is 2.26. The van der Waals surface area contributed by atoms with Crippen molar-refractivity contribution in [3.05, 3.63) is 95.1 Å². The molecule has 0 radical (unpaired) electrons. The van der Waals surface area contributed by atoms with Crippen LogP contribution in [0.5, 0.6) is 0 Å². The fraction of sp³-hybridized carbons (Fsp3) is 0.231. The minimum Gasteiger partial charge on any atom is -0.454 e. The van der Waals surface area contributed by atoms with Crippen molar-refractivity contribution in [2.24, 2.45) is 0 Å². The number of sulfonamides is 1. The van der Waals surface area contributed by atoms with Gasteiger partial charge in [0, 0.05) is 12.1 Å². The van der Waals surface area contributed by atoms with E-state index in [1.807, 2.05) is 25.1 Å². The van der Waals surface area contributed by atoms with Gasteiger partial charge in [-0.1, -0.05) is 55.5 Å².